The third kappa shape index (κ3) is 4.76. The zero-order valence-corrected chi connectivity index (χ0v) is 11.6. The summed E-state index contributed by atoms with van der Waals surface area (Å²) in [5.41, 5.74) is -0.439. The van der Waals surface area contributed by atoms with Gasteiger partial charge >= 0.3 is 0 Å². The second kappa shape index (κ2) is 6.39. The van der Waals surface area contributed by atoms with Gasteiger partial charge in [-0.25, -0.2) is 0 Å². The monoisotopic (exact) mass is 282 g/mol. The third-order valence-corrected chi connectivity index (χ3v) is 2.93. The number of hydrogen-bond acceptors (Lipinski definition) is 4. The summed E-state index contributed by atoms with van der Waals surface area (Å²) in [4.78, 5) is 10.0. The smallest absolute Gasteiger partial charge is 0.271 e. The van der Waals surface area contributed by atoms with Gasteiger partial charge < -0.3 is 4.74 Å². The normalized spacial score (nSPS) is 10.8. The minimum Gasteiger partial charge on any atom is -0.492 e. The predicted molar refractivity (Wildman–Crippen MR) is 72.2 cm³/mol. The summed E-state index contributed by atoms with van der Waals surface area (Å²) in [6.07, 6.45) is 1.43. The summed E-state index contributed by atoms with van der Waals surface area (Å²) in [6, 6.07) is 6.30. The number of nitro benzene ring substituents is 1. The first-order valence-electron chi connectivity index (χ1n) is 5.84. The van der Waals surface area contributed by atoms with Crippen LogP contribution in [0.15, 0.2) is 18.2 Å². The number of rotatable bonds is 6. The van der Waals surface area contributed by atoms with E-state index in [1.54, 1.807) is 0 Å². The van der Waals surface area contributed by atoms with Gasteiger partial charge in [0.15, 0.2) is 0 Å². The Hall–Kier alpha value is -1.80. The van der Waals surface area contributed by atoms with Gasteiger partial charge in [-0.15, -0.1) is 0 Å². The van der Waals surface area contributed by atoms with E-state index in [-0.39, 0.29) is 16.1 Å². The number of non-ortho nitro benzene ring substituents is 1. The maximum absolute atomic E-state index is 10.5. The molecule has 1 aromatic carbocycles. The first kappa shape index (κ1) is 15.3. The number of halogens is 1. The molecule has 0 bridgehead atoms. The standard InChI is InChI=1S/C13H15ClN2O3/c1-13(2,9-15)6-3-7-19-12-5-4-10(16(17)18)8-11(12)14/h4-5,8H,3,6-7H2,1-2H3. The maximum atomic E-state index is 10.5. The molecule has 1 rings (SSSR count). The summed E-state index contributed by atoms with van der Waals surface area (Å²) in [5.74, 6) is 0.419. The topological polar surface area (TPSA) is 76.2 Å². The van der Waals surface area contributed by atoms with Crippen LogP contribution in [0.25, 0.3) is 0 Å². The first-order chi connectivity index (χ1) is 8.85. The van der Waals surface area contributed by atoms with Crippen LogP contribution in [-0.4, -0.2) is 11.5 Å². The number of nitrogens with zero attached hydrogens (tertiary/aromatic N) is 2. The summed E-state index contributed by atoms with van der Waals surface area (Å²) in [6.45, 7) is 4.15. The van der Waals surface area contributed by atoms with Crippen molar-refractivity contribution in [2.45, 2.75) is 26.7 Å². The van der Waals surface area contributed by atoms with Gasteiger partial charge in [0.05, 0.1) is 28.0 Å². The highest BCUT2D eigenvalue weighted by atomic mass is 35.5. The molecule has 0 saturated carbocycles. The molecule has 102 valence electrons. The van der Waals surface area contributed by atoms with Crippen LogP contribution < -0.4 is 4.74 Å². The quantitative estimate of drug-likeness (QED) is 0.449. The molecule has 0 unspecified atom stereocenters. The molecule has 0 aromatic heterocycles. The number of benzene rings is 1. The van der Waals surface area contributed by atoms with E-state index in [4.69, 9.17) is 21.6 Å². The van der Waals surface area contributed by atoms with Gasteiger partial charge in [-0.3, -0.25) is 10.1 Å². The third-order valence-electron chi connectivity index (χ3n) is 2.63. The lowest BCUT2D eigenvalue weighted by Crippen LogP contribution is -2.10. The van der Waals surface area contributed by atoms with Gasteiger partial charge in [0.2, 0.25) is 0 Å². The average molecular weight is 283 g/mol. The van der Waals surface area contributed by atoms with E-state index in [0.717, 1.165) is 0 Å². The number of ether oxygens (including phenoxy) is 1. The molecular weight excluding hydrogens is 268 g/mol. The molecule has 5 nitrogen and oxygen atoms in total. The van der Waals surface area contributed by atoms with Crippen LogP contribution in [0.5, 0.6) is 5.75 Å². The Morgan fingerprint density at radius 1 is 1.53 bits per heavy atom. The Kier molecular flexibility index (Phi) is 5.13. The molecule has 0 aliphatic carbocycles. The van der Waals surface area contributed by atoms with Crippen molar-refractivity contribution >= 4 is 17.3 Å². The van der Waals surface area contributed by atoms with Crippen LogP contribution in [-0.2, 0) is 0 Å². The van der Waals surface area contributed by atoms with Crippen molar-refractivity contribution < 1.29 is 9.66 Å². The van der Waals surface area contributed by atoms with E-state index in [1.165, 1.54) is 18.2 Å². The maximum Gasteiger partial charge on any atom is 0.271 e. The minimum absolute atomic E-state index is 0.0667. The van der Waals surface area contributed by atoms with Crippen molar-refractivity contribution in [2.24, 2.45) is 5.41 Å². The zero-order valence-electron chi connectivity index (χ0n) is 10.9. The summed E-state index contributed by atoms with van der Waals surface area (Å²) in [5, 5.41) is 19.6. The van der Waals surface area contributed by atoms with Gasteiger partial charge in [0.25, 0.3) is 5.69 Å². The largest absolute Gasteiger partial charge is 0.492 e. The molecule has 0 fully saturated rings. The fourth-order valence-corrected chi connectivity index (χ4v) is 1.70. The first-order valence-corrected chi connectivity index (χ1v) is 6.21. The van der Waals surface area contributed by atoms with E-state index >= 15 is 0 Å². The molecule has 0 aliphatic heterocycles. The molecular formula is C13H15ClN2O3. The van der Waals surface area contributed by atoms with Gasteiger partial charge in [0, 0.05) is 12.1 Å². The molecule has 19 heavy (non-hydrogen) atoms. The molecule has 0 amide bonds. The van der Waals surface area contributed by atoms with E-state index in [9.17, 15) is 10.1 Å². The second-order valence-corrected chi connectivity index (χ2v) is 5.23. The van der Waals surface area contributed by atoms with E-state index in [1.807, 2.05) is 13.8 Å². The highest BCUT2D eigenvalue weighted by Crippen LogP contribution is 2.29. The fourth-order valence-electron chi connectivity index (χ4n) is 1.47. The van der Waals surface area contributed by atoms with Crippen molar-refractivity contribution in [3.8, 4) is 11.8 Å². The lowest BCUT2D eigenvalue weighted by atomic mass is 9.90. The Balaban J connectivity index is 2.51. The van der Waals surface area contributed by atoms with Crippen LogP contribution in [0.2, 0.25) is 5.02 Å². The molecule has 0 spiro atoms. The lowest BCUT2D eigenvalue weighted by molar-refractivity contribution is -0.384. The Labute approximate surface area is 116 Å². The average Bonchev–Trinajstić information content (AvgIpc) is 2.36. The van der Waals surface area contributed by atoms with Crippen molar-refractivity contribution in [2.75, 3.05) is 6.61 Å². The summed E-state index contributed by atoms with van der Waals surface area (Å²) < 4.78 is 5.45. The lowest BCUT2D eigenvalue weighted by Gasteiger charge is -2.15. The molecule has 6 heteroatoms. The zero-order chi connectivity index (χ0) is 14.5. The highest BCUT2D eigenvalue weighted by Gasteiger charge is 2.16. The summed E-state index contributed by atoms with van der Waals surface area (Å²) >= 11 is 5.89. The van der Waals surface area contributed by atoms with Crippen LogP contribution in [0, 0.1) is 26.9 Å². The van der Waals surface area contributed by atoms with Crippen LogP contribution >= 0.6 is 11.6 Å². The summed E-state index contributed by atoms with van der Waals surface area (Å²) in [7, 11) is 0. The molecule has 0 heterocycles. The van der Waals surface area contributed by atoms with Crippen molar-refractivity contribution in [1.82, 2.24) is 0 Å². The van der Waals surface area contributed by atoms with Crippen molar-refractivity contribution in [3.05, 3.63) is 33.3 Å². The molecule has 0 saturated heterocycles. The van der Waals surface area contributed by atoms with E-state index in [0.29, 0.717) is 25.2 Å². The molecule has 0 N–H and O–H groups in total. The molecule has 0 radical (unpaired) electrons. The predicted octanol–water partition coefficient (Wildman–Crippen LogP) is 3.96. The van der Waals surface area contributed by atoms with Crippen molar-refractivity contribution in [1.29, 1.82) is 5.26 Å². The number of nitro groups is 1. The Morgan fingerprint density at radius 2 is 2.21 bits per heavy atom. The van der Waals surface area contributed by atoms with Crippen LogP contribution in [0.3, 0.4) is 0 Å². The van der Waals surface area contributed by atoms with E-state index in [2.05, 4.69) is 6.07 Å². The SMILES string of the molecule is CC(C)(C#N)CCCOc1ccc([N+](=O)[O-])cc1Cl. The van der Waals surface area contributed by atoms with Crippen LogP contribution in [0.1, 0.15) is 26.7 Å². The van der Waals surface area contributed by atoms with Crippen molar-refractivity contribution in [3.63, 3.8) is 0 Å². The van der Waals surface area contributed by atoms with Gasteiger partial charge in [-0.1, -0.05) is 11.6 Å². The Morgan fingerprint density at radius 3 is 2.74 bits per heavy atom. The van der Waals surface area contributed by atoms with Gasteiger partial charge in [-0.05, 0) is 32.8 Å². The fraction of sp³-hybridized carbons (Fsp3) is 0.462. The van der Waals surface area contributed by atoms with Crippen LogP contribution in [0.4, 0.5) is 5.69 Å². The second-order valence-electron chi connectivity index (χ2n) is 4.82. The molecule has 1 aromatic rings. The number of nitriles is 1. The molecule has 0 aliphatic rings. The van der Waals surface area contributed by atoms with Gasteiger partial charge in [0.1, 0.15) is 5.75 Å². The molecule has 0 atom stereocenters. The minimum atomic E-state index is -0.509. The highest BCUT2D eigenvalue weighted by molar-refractivity contribution is 6.32. The Bertz CT molecular complexity index is 509. The van der Waals surface area contributed by atoms with E-state index < -0.39 is 4.92 Å². The number of hydrogen-bond donors (Lipinski definition) is 0. The van der Waals surface area contributed by atoms with Gasteiger partial charge in [-0.2, -0.15) is 5.26 Å².